The molecule has 0 amide bonds. The van der Waals surface area contributed by atoms with Gasteiger partial charge in [0.2, 0.25) is 0 Å². The Morgan fingerprint density at radius 3 is 1.40 bits per heavy atom. The molecule has 292 valence electrons. The van der Waals surface area contributed by atoms with Gasteiger partial charge in [-0.15, -0.1) is 0 Å². The predicted molar refractivity (Wildman–Crippen MR) is 188 cm³/mol. The summed E-state index contributed by atoms with van der Waals surface area (Å²) in [6, 6.07) is 14.8. The van der Waals surface area contributed by atoms with Crippen molar-refractivity contribution in [2.45, 2.75) is 115 Å². The first-order valence-corrected chi connectivity index (χ1v) is 18.7. The molecule has 12 atom stereocenters. The first-order chi connectivity index (χ1) is 25.5. The van der Waals surface area contributed by atoms with Crippen molar-refractivity contribution in [3.63, 3.8) is 0 Å². The molecule has 4 heterocycles. The lowest BCUT2D eigenvalue weighted by Crippen LogP contribution is -2.36. The number of fused-ring (bicyclic) bond motifs is 4. The van der Waals surface area contributed by atoms with Crippen molar-refractivity contribution in [3.05, 3.63) is 70.8 Å². The number of hydrogen-bond acceptors (Lipinski definition) is 13. The van der Waals surface area contributed by atoms with E-state index in [9.17, 15) is 19.8 Å². The monoisotopic (exact) mass is 742 g/mol. The molecule has 2 N–H and O–H groups in total. The van der Waals surface area contributed by atoms with Gasteiger partial charge >= 0.3 is 12.3 Å². The Labute approximate surface area is 311 Å². The minimum Gasteiger partial charge on any atom is -0.434 e. The molecule has 4 fully saturated rings. The van der Waals surface area contributed by atoms with Crippen LogP contribution in [0.2, 0.25) is 0 Å². The number of benzene rings is 2. The number of methoxy groups -OCH3 is 2. The van der Waals surface area contributed by atoms with Gasteiger partial charge in [-0.05, 0) is 76.6 Å². The van der Waals surface area contributed by atoms with Gasteiger partial charge in [0.05, 0.1) is 48.8 Å². The summed E-state index contributed by atoms with van der Waals surface area (Å²) in [5.74, 6) is -0.923. The number of rotatable bonds is 16. The molecule has 2 aromatic carbocycles. The molecule has 4 unspecified atom stereocenters. The van der Waals surface area contributed by atoms with Crippen molar-refractivity contribution in [1.82, 2.24) is 0 Å². The number of hydrogen-bond donors (Lipinski definition) is 2. The molecule has 2 aromatic rings. The van der Waals surface area contributed by atoms with Gasteiger partial charge in [-0.3, -0.25) is 0 Å². The molecule has 4 bridgehead atoms. The van der Waals surface area contributed by atoms with Gasteiger partial charge in [0.15, 0.2) is 12.6 Å². The van der Waals surface area contributed by atoms with Crippen molar-refractivity contribution in [2.24, 2.45) is 23.7 Å². The van der Waals surface area contributed by atoms with Gasteiger partial charge in [-0.1, -0.05) is 36.4 Å². The largest absolute Gasteiger partial charge is 0.508 e. The summed E-state index contributed by atoms with van der Waals surface area (Å²) in [5, 5.41) is 23.4. The van der Waals surface area contributed by atoms with E-state index in [1.807, 2.05) is 48.5 Å². The standard InChI is InChI=1S/C40H54O13/c1-21(2)49-39(43)47-19-27-29-13-15-31(51-29)33(27)35(41)23-9-7-11-25(17-23)37(45-5)53-38(46-6)26-12-8-10-24(18-26)36(42)34-28(30-14-16-32(34)52-30)20-48-40(44)50-22(3)4/h7-12,17-18,21-22,27-38,41-42H,13-16,19-20H2,1-6H3/t27-,28-,29+,30+,31?,32?,33-,34-,35?,36?,37+,38+/m0/s1. The van der Waals surface area contributed by atoms with Crippen molar-refractivity contribution in [1.29, 1.82) is 0 Å². The molecule has 0 saturated carbocycles. The van der Waals surface area contributed by atoms with E-state index < -0.39 is 37.1 Å². The fourth-order valence-electron chi connectivity index (χ4n) is 8.59. The molecule has 4 aliphatic rings. The quantitative estimate of drug-likeness (QED) is 0.143. The Bertz CT molecular complexity index is 1420. The zero-order valence-corrected chi connectivity index (χ0v) is 31.3. The molecule has 6 rings (SSSR count). The minimum atomic E-state index is -0.890. The first kappa shape index (κ1) is 39.4. The smallest absolute Gasteiger partial charge is 0.434 e. The van der Waals surface area contributed by atoms with Gasteiger partial charge in [0.1, 0.15) is 13.2 Å². The van der Waals surface area contributed by atoms with Crippen molar-refractivity contribution >= 4 is 12.3 Å². The average Bonchev–Trinajstić information content (AvgIpc) is 3.95. The molecule has 0 aliphatic carbocycles. The third kappa shape index (κ3) is 8.99. The van der Waals surface area contributed by atoms with Gasteiger partial charge in [0.25, 0.3) is 0 Å². The molecule has 13 nitrogen and oxygen atoms in total. The lowest BCUT2D eigenvalue weighted by molar-refractivity contribution is -0.237. The maximum atomic E-state index is 12.1. The SMILES string of the molecule is CO[C@H](O[C@@H](OC)c1cccc(C(O)[C@@H]2C3CC[C@@H](O3)[C@@H]2COC(=O)OC(C)C)c1)c1cccc(C(O)[C@@H]2C3CC[C@@H](O3)[C@@H]2COC(=O)OC(C)C)c1. The molecule has 4 aliphatic heterocycles. The predicted octanol–water partition coefficient (Wildman–Crippen LogP) is 6.47. The second-order valence-corrected chi connectivity index (χ2v) is 15.0. The van der Waals surface area contributed by atoms with E-state index in [0.717, 1.165) is 25.7 Å². The molecule has 0 radical (unpaired) electrons. The highest BCUT2D eigenvalue weighted by atomic mass is 16.8. The van der Waals surface area contributed by atoms with Crippen molar-refractivity contribution in [3.8, 4) is 0 Å². The van der Waals surface area contributed by atoms with Gasteiger partial charge in [-0.2, -0.15) is 0 Å². The lowest BCUT2D eigenvalue weighted by Gasteiger charge is -2.32. The molecule has 0 spiro atoms. The summed E-state index contributed by atoms with van der Waals surface area (Å²) in [4.78, 5) is 24.3. The minimum absolute atomic E-state index is 0.0948. The maximum Gasteiger partial charge on any atom is 0.508 e. The van der Waals surface area contributed by atoms with E-state index in [1.165, 1.54) is 14.2 Å². The highest BCUT2D eigenvalue weighted by Crippen LogP contribution is 2.50. The average molecular weight is 743 g/mol. The summed E-state index contributed by atoms with van der Waals surface area (Å²) in [7, 11) is 3.06. The normalized spacial score (nSPS) is 29.6. The summed E-state index contributed by atoms with van der Waals surface area (Å²) < 4.78 is 51.5. The van der Waals surface area contributed by atoms with Crippen LogP contribution < -0.4 is 0 Å². The molecular weight excluding hydrogens is 688 g/mol. The van der Waals surface area contributed by atoms with Crippen LogP contribution >= 0.6 is 0 Å². The summed E-state index contributed by atoms with van der Waals surface area (Å²) in [6.45, 7) is 7.22. The Balaban J connectivity index is 1.13. The van der Waals surface area contributed by atoms with Crippen LogP contribution in [0.1, 0.15) is 100 Å². The Morgan fingerprint density at radius 2 is 1.02 bits per heavy atom. The fourth-order valence-corrected chi connectivity index (χ4v) is 8.59. The summed E-state index contributed by atoms with van der Waals surface area (Å²) in [5.41, 5.74) is 2.65. The van der Waals surface area contributed by atoms with E-state index in [4.69, 9.17) is 42.6 Å². The molecular formula is C40H54O13. The van der Waals surface area contributed by atoms with E-state index in [-0.39, 0.29) is 73.5 Å². The highest BCUT2D eigenvalue weighted by Gasteiger charge is 2.53. The van der Waals surface area contributed by atoms with Crippen LogP contribution in [-0.2, 0) is 42.6 Å². The van der Waals surface area contributed by atoms with E-state index >= 15 is 0 Å². The number of carbonyl (C=O) groups excluding carboxylic acids is 2. The summed E-state index contributed by atoms with van der Waals surface area (Å²) >= 11 is 0. The molecule has 0 aromatic heterocycles. The fraction of sp³-hybridized carbons (Fsp3) is 0.650. The third-order valence-electron chi connectivity index (χ3n) is 10.9. The van der Waals surface area contributed by atoms with Gasteiger partial charge in [-0.25, -0.2) is 9.59 Å². The lowest BCUT2D eigenvalue weighted by atomic mass is 9.75. The number of aliphatic hydroxyl groups excluding tert-OH is 2. The topological polar surface area (TPSA) is 158 Å². The molecule has 53 heavy (non-hydrogen) atoms. The van der Waals surface area contributed by atoms with Crippen molar-refractivity contribution < 1.29 is 62.4 Å². The van der Waals surface area contributed by atoms with Crippen LogP contribution in [0.25, 0.3) is 0 Å². The number of aliphatic hydroxyl groups is 2. The second kappa shape index (κ2) is 17.4. The zero-order chi connectivity index (χ0) is 37.8. The highest BCUT2D eigenvalue weighted by molar-refractivity contribution is 5.60. The van der Waals surface area contributed by atoms with E-state index in [0.29, 0.717) is 22.3 Å². The van der Waals surface area contributed by atoms with Crippen molar-refractivity contribution in [2.75, 3.05) is 27.4 Å². The van der Waals surface area contributed by atoms with Crippen LogP contribution in [-0.4, -0.2) is 86.6 Å². The maximum absolute atomic E-state index is 12.1. The van der Waals surface area contributed by atoms with Crippen LogP contribution in [0, 0.1) is 23.7 Å². The van der Waals surface area contributed by atoms with Crippen LogP contribution in [0.15, 0.2) is 48.5 Å². The number of carbonyl (C=O) groups is 2. The van der Waals surface area contributed by atoms with Crippen LogP contribution in [0.3, 0.4) is 0 Å². The third-order valence-corrected chi connectivity index (χ3v) is 10.9. The Hall–Kier alpha value is -3.30. The van der Waals surface area contributed by atoms with Crippen LogP contribution in [0.5, 0.6) is 0 Å². The van der Waals surface area contributed by atoms with Crippen LogP contribution in [0.4, 0.5) is 9.59 Å². The molecule has 13 heteroatoms. The van der Waals surface area contributed by atoms with Gasteiger partial charge < -0.3 is 52.8 Å². The Morgan fingerprint density at radius 1 is 0.642 bits per heavy atom. The Kier molecular flexibility index (Phi) is 13.0. The van der Waals surface area contributed by atoms with E-state index in [1.54, 1.807) is 27.7 Å². The summed E-state index contributed by atoms with van der Waals surface area (Å²) in [6.07, 6.45) is -2.76. The van der Waals surface area contributed by atoms with E-state index in [2.05, 4.69) is 0 Å². The second-order valence-electron chi connectivity index (χ2n) is 15.0. The molecule has 4 saturated heterocycles. The number of ether oxygens (including phenoxy) is 9. The zero-order valence-electron chi connectivity index (χ0n) is 31.3. The first-order valence-electron chi connectivity index (χ1n) is 18.7. The van der Waals surface area contributed by atoms with Gasteiger partial charge in [0, 0.05) is 49.0 Å².